The van der Waals surface area contributed by atoms with Gasteiger partial charge in [-0.1, -0.05) is 71.8 Å². The molecule has 5 rings (SSSR count). The van der Waals surface area contributed by atoms with Crippen LogP contribution in [-0.4, -0.2) is 28.5 Å². The third kappa shape index (κ3) is 5.70. The van der Waals surface area contributed by atoms with Crippen molar-refractivity contribution >= 4 is 75.7 Å². The van der Waals surface area contributed by atoms with Crippen LogP contribution in [0.1, 0.15) is 6.92 Å². The normalized spacial score (nSPS) is 18.5. The molecule has 3 amide bonds. The van der Waals surface area contributed by atoms with E-state index in [-0.39, 0.29) is 23.2 Å². The van der Waals surface area contributed by atoms with Gasteiger partial charge in [0.25, 0.3) is 0 Å². The highest BCUT2D eigenvalue weighted by molar-refractivity contribution is 8.00. The number of benzene rings is 3. The molecule has 37 heavy (non-hydrogen) atoms. The molecule has 0 spiro atoms. The summed E-state index contributed by atoms with van der Waals surface area (Å²) in [6.45, 7) is 1.81. The molecule has 9 heteroatoms. The number of nitrogens with zero attached hydrogens (tertiary/aromatic N) is 1. The van der Waals surface area contributed by atoms with Gasteiger partial charge in [0, 0.05) is 15.5 Å². The molecular weight excluding hydrogens is 545 g/mol. The van der Waals surface area contributed by atoms with Gasteiger partial charge in [0.05, 0.1) is 38.0 Å². The van der Waals surface area contributed by atoms with Crippen molar-refractivity contribution in [2.45, 2.75) is 33.3 Å². The Morgan fingerprint density at radius 1 is 0.973 bits per heavy atom. The SMILES string of the molecule is CC(Sc1cccc(NC(=O)N2c3ccccc3SC3C=CC=CC32)c1)C(=O)Nc1cccc(Cl)c1Cl. The zero-order valence-electron chi connectivity index (χ0n) is 19.7. The molecule has 2 aliphatic rings. The van der Waals surface area contributed by atoms with E-state index in [1.54, 1.807) is 30.0 Å². The quantitative estimate of drug-likeness (QED) is 0.305. The van der Waals surface area contributed by atoms with Crippen LogP contribution < -0.4 is 15.5 Å². The molecule has 3 aromatic rings. The summed E-state index contributed by atoms with van der Waals surface area (Å²) >= 11 is 15.4. The predicted molar refractivity (Wildman–Crippen MR) is 157 cm³/mol. The molecule has 1 aliphatic heterocycles. The monoisotopic (exact) mass is 567 g/mol. The Kier molecular flexibility index (Phi) is 7.86. The van der Waals surface area contributed by atoms with Crippen molar-refractivity contribution in [2.75, 3.05) is 15.5 Å². The smallest absolute Gasteiger partial charge is 0.324 e. The standard InChI is InChI=1S/C28H23Cl2N3O2S2/c1-17(27(34)32-21-11-7-10-20(29)26(21)30)36-19-9-6-8-18(16-19)31-28(35)33-22-12-2-4-14-24(22)37-25-15-5-3-13-23(25)33/h2-17,22,24H,1H3,(H,31,35)(H,32,34). The number of thioether (sulfide) groups is 2. The first-order valence-corrected chi connectivity index (χ1v) is 14.1. The number of amides is 3. The van der Waals surface area contributed by atoms with Crippen LogP contribution in [0.5, 0.6) is 0 Å². The summed E-state index contributed by atoms with van der Waals surface area (Å²) in [6, 6.07) is 20.3. The van der Waals surface area contributed by atoms with Crippen LogP contribution in [0.4, 0.5) is 21.9 Å². The number of carbonyl (C=O) groups is 2. The summed E-state index contributed by atoms with van der Waals surface area (Å²) in [5, 5.41) is 6.32. The second-order valence-electron chi connectivity index (χ2n) is 8.49. The molecule has 5 nitrogen and oxygen atoms in total. The summed E-state index contributed by atoms with van der Waals surface area (Å²) in [4.78, 5) is 30.1. The first kappa shape index (κ1) is 25.8. The summed E-state index contributed by atoms with van der Waals surface area (Å²) in [7, 11) is 0. The fourth-order valence-corrected chi connectivity index (χ4v) is 6.68. The van der Waals surface area contributed by atoms with Crippen LogP contribution >= 0.6 is 46.7 Å². The largest absolute Gasteiger partial charge is 0.326 e. The lowest BCUT2D eigenvalue weighted by Crippen LogP contribution is -2.49. The van der Waals surface area contributed by atoms with Gasteiger partial charge in [-0.3, -0.25) is 9.69 Å². The number of anilines is 3. The van der Waals surface area contributed by atoms with E-state index in [4.69, 9.17) is 23.2 Å². The Morgan fingerprint density at radius 3 is 2.62 bits per heavy atom. The fourth-order valence-electron chi connectivity index (χ4n) is 4.15. The molecule has 0 bridgehead atoms. The molecule has 3 aromatic carbocycles. The Hall–Kier alpha value is -2.84. The fraction of sp³-hybridized carbons (Fsp3) is 0.143. The molecule has 2 N–H and O–H groups in total. The molecule has 0 radical (unpaired) electrons. The minimum Gasteiger partial charge on any atom is -0.324 e. The van der Waals surface area contributed by atoms with E-state index >= 15 is 0 Å². The lowest BCUT2D eigenvalue weighted by atomic mass is 10.1. The highest BCUT2D eigenvalue weighted by Crippen LogP contribution is 2.43. The van der Waals surface area contributed by atoms with Crippen LogP contribution in [0.3, 0.4) is 0 Å². The second kappa shape index (κ2) is 11.3. The molecule has 0 fully saturated rings. The number of nitrogens with one attached hydrogen (secondary N) is 2. The third-order valence-electron chi connectivity index (χ3n) is 5.94. The van der Waals surface area contributed by atoms with Gasteiger partial charge in [0.2, 0.25) is 5.91 Å². The van der Waals surface area contributed by atoms with Gasteiger partial charge < -0.3 is 10.6 Å². The molecular formula is C28H23Cl2N3O2S2. The maximum absolute atomic E-state index is 13.5. The van der Waals surface area contributed by atoms with E-state index in [0.29, 0.717) is 21.4 Å². The van der Waals surface area contributed by atoms with Crippen molar-refractivity contribution in [1.82, 2.24) is 0 Å². The van der Waals surface area contributed by atoms with Crippen molar-refractivity contribution in [2.24, 2.45) is 0 Å². The summed E-state index contributed by atoms with van der Waals surface area (Å²) in [5.74, 6) is -0.200. The van der Waals surface area contributed by atoms with E-state index in [0.717, 1.165) is 15.5 Å². The van der Waals surface area contributed by atoms with E-state index in [2.05, 4.69) is 22.8 Å². The number of rotatable bonds is 5. The zero-order chi connectivity index (χ0) is 25.9. The number of hydrogen-bond donors (Lipinski definition) is 2. The van der Waals surface area contributed by atoms with E-state index in [1.807, 2.05) is 72.5 Å². The van der Waals surface area contributed by atoms with Gasteiger partial charge in [-0.2, -0.15) is 0 Å². The lowest BCUT2D eigenvalue weighted by Gasteiger charge is -2.40. The van der Waals surface area contributed by atoms with Gasteiger partial charge in [-0.15, -0.1) is 23.5 Å². The minimum atomic E-state index is -0.410. The molecule has 0 aromatic heterocycles. The van der Waals surface area contributed by atoms with E-state index in [1.165, 1.54) is 11.8 Å². The topological polar surface area (TPSA) is 61.4 Å². The first-order chi connectivity index (χ1) is 17.9. The Labute approximate surface area is 234 Å². The van der Waals surface area contributed by atoms with Crippen molar-refractivity contribution in [3.05, 3.63) is 101 Å². The number of fused-ring (bicyclic) bond motifs is 2. The van der Waals surface area contributed by atoms with Crippen LogP contribution in [0, 0.1) is 0 Å². The zero-order valence-corrected chi connectivity index (χ0v) is 22.9. The molecule has 3 unspecified atom stereocenters. The van der Waals surface area contributed by atoms with E-state index in [9.17, 15) is 9.59 Å². The van der Waals surface area contributed by atoms with Crippen molar-refractivity contribution in [1.29, 1.82) is 0 Å². The van der Waals surface area contributed by atoms with Gasteiger partial charge in [0.15, 0.2) is 0 Å². The van der Waals surface area contributed by atoms with Gasteiger partial charge in [0.1, 0.15) is 0 Å². The Balaban J connectivity index is 1.29. The maximum Gasteiger partial charge on any atom is 0.326 e. The third-order valence-corrected chi connectivity index (χ3v) is 9.16. The number of halogens is 2. The maximum atomic E-state index is 13.5. The highest BCUT2D eigenvalue weighted by atomic mass is 35.5. The van der Waals surface area contributed by atoms with Gasteiger partial charge in [-0.25, -0.2) is 4.79 Å². The summed E-state index contributed by atoms with van der Waals surface area (Å²) in [6.07, 6.45) is 8.20. The molecule has 0 saturated carbocycles. The predicted octanol–water partition coefficient (Wildman–Crippen LogP) is 8.12. The van der Waals surface area contributed by atoms with Crippen LogP contribution in [-0.2, 0) is 4.79 Å². The van der Waals surface area contributed by atoms with Crippen molar-refractivity contribution in [3.8, 4) is 0 Å². The first-order valence-electron chi connectivity index (χ1n) is 11.6. The lowest BCUT2D eigenvalue weighted by molar-refractivity contribution is -0.115. The van der Waals surface area contributed by atoms with Gasteiger partial charge in [-0.05, 0) is 49.4 Å². The number of para-hydroxylation sites is 1. The molecule has 1 aliphatic carbocycles. The highest BCUT2D eigenvalue weighted by Gasteiger charge is 2.36. The van der Waals surface area contributed by atoms with Crippen LogP contribution in [0.25, 0.3) is 0 Å². The Bertz CT molecular complexity index is 1410. The average Bonchev–Trinajstić information content (AvgIpc) is 2.90. The second-order valence-corrected chi connectivity index (χ2v) is 11.9. The number of urea groups is 1. The Morgan fingerprint density at radius 2 is 1.76 bits per heavy atom. The van der Waals surface area contributed by atoms with Gasteiger partial charge >= 0.3 is 6.03 Å². The summed E-state index contributed by atoms with van der Waals surface area (Å²) < 4.78 is 0. The molecule has 0 saturated heterocycles. The number of allylic oxidation sites excluding steroid dienone is 2. The van der Waals surface area contributed by atoms with E-state index < -0.39 is 5.25 Å². The summed E-state index contributed by atoms with van der Waals surface area (Å²) in [5.41, 5.74) is 2.02. The number of hydrogen-bond acceptors (Lipinski definition) is 4. The van der Waals surface area contributed by atoms with Crippen LogP contribution in [0.15, 0.2) is 101 Å². The number of carbonyl (C=O) groups excluding carboxylic acids is 2. The van der Waals surface area contributed by atoms with Crippen molar-refractivity contribution in [3.63, 3.8) is 0 Å². The van der Waals surface area contributed by atoms with Crippen LogP contribution in [0.2, 0.25) is 10.0 Å². The minimum absolute atomic E-state index is 0.0792. The molecule has 3 atom stereocenters. The molecule has 188 valence electrons. The average molecular weight is 569 g/mol. The van der Waals surface area contributed by atoms with Crippen molar-refractivity contribution < 1.29 is 9.59 Å². The molecule has 1 heterocycles.